The van der Waals surface area contributed by atoms with Crippen molar-refractivity contribution in [2.75, 3.05) is 5.33 Å². The first-order valence-corrected chi connectivity index (χ1v) is 6.36. The van der Waals surface area contributed by atoms with Gasteiger partial charge in [-0.3, -0.25) is 0 Å². The van der Waals surface area contributed by atoms with Gasteiger partial charge in [0, 0.05) is 5.33 Å². The average Bonchev–Trinajstić information content (AvgIpc) is 2.14. The monoisotopic (exact) mass is 272 g/mol. The molecule has 1 rings (SSSR count). The van der Waals surface area contributed by atoms with Crippen LogP contribution >= 0.6 is 15.9 Å². The summed E-state index contributed by atoms with van der Waals surface area (Å²) in [6.45, 7) is 6.58. The third-order valence-corrected chi connectivity index (χ3v) is 3.62. The number of rotatable bonds is 3. The molecule has 0 aromatic heterocycles. The van der Waals surface area contributed by atoms with E-state index in [-0.39, 0.29) is 11.2 Å². The molecule has 0 saturated carbocycles. The van der Waals surface area contributed by atoms with E-state index in [0.29, 0.717) is 5.92 Å². The smallest absolute Gasteiger partial charge is 0.126 e. The summed E-state index contributed by atoms with van der Waals surface area (Å²) in [7, 11) is 0. The Bertz CT molecular complexity index is 315. The van der Waals surface area contributed by atoms with Gasteiger partial charge < -0.3 is 0 Å². The van der Waals surface area contributed by atoms with Crippen LogP contribution in [0.5, 0.6) is 0 Å². The van der Waals surface area contributed by atoms with Gasteiger partial charge in [0.25, 0.3) is 0 Å². The maximum atomic E-state index is 13.5. The molecule has 15 heavy (non-hydrogen) atoms. The molecular weight excluding hydrogens is 255 g/mol. The maximum absolute atomic E-state index is 13.5. The molecule has 0 bridgehead atoms. The standard InChI is InChI=1S/C13H18BrF/c1-13(2,3)11(9-14)8-10-6-4-5-7-12(10)15/h4-7,11H,8-9H2,1-3H3. The molecule has 1 aromatic rings. The van der Waals surface area contributed by atoms with Crippen molar-refractivity contribution >= 4 is 15.9 Å². The molecule has 0 fully saturated rings. The zero-order valence-corrected chi connectivity index (χ0v) is 11.1. The second-order valence-corrected chi connectivity index (χ2v) is 5.66. The highest BCUT2D eigenvalue weighted by Gasteiger charge is 2.24. The average molecular weight is 273 g/mol. The largest absolute Gasteiger partial charge is 0.207 e. The highest BCUT2D eigenvalue weighted by Crippen LogP contribution is 2.31. The SMILES string of the molecule is CC(C)(C)C(CBr)Cc1ccccc1F. The quantitative estimate of drug-likeness (QED) is 0.715. The van der Waals surface area contributed by atoms with Crippen molar-refractivity contribution in [2.24, 2.45) is 11.3 Å². The lowest BCUT2D eigenvalue weighted by Crippen LogP contribution is -2.24. The third-order valence-electron chi connectivity index (χ3n) is 2.84. The fourth-order valence-electron chi connectivity index (χ4n) is 1.52. The number of benzene rings is 1. The molecule has 1 unspecified atom stereocenters. The minimum atomic E-state index is -0.0901. The van der Waals surface area contributed by atoms with Crippen LogP contribution in [-0.4, -0.2) is 5.33 Å². The van der Waals surface area contributed by atoms with Gasteiger partial charge in [-0.1, -0.05) is 54.9 Å². The first-order valence-electron chi connectivity index (χ1n) is 5.24. The number of alkyl halides is 1. The van der Waals surface area contributed by atoms with E-state index in [2.05, 4.69) is 36.7 Å². The molecule has 0 radical (unpaired) electrons. The van der Waals surface area contributed by atoms with Crippen LogP contribution in [0.3, 0.4) is 0 Å². The molecule has 0 aliphatic heterocycles. The minimum absolute atomic E-state index is 0.0901. The zero-order valence-electron chi connectivity index (χ0n) is 9.56. The summed E-state index contributed by atoms with van der Waals surface area (Å²) in [5, 5.41) is 0.908. The van der Waals surface area contributed by atoms with Crippen LogP contribution in [0.2, 0.25) is 0 Å². The van der Waals surface area contributed by atoms with Gasteiger partial charge in [0.15, 0.2) is 0 Å². The van der Waals surface area contributed by atoms with Crippen LogP contribution < -0.4 is 0 Å². The van der Waals surface area contributed by atoms with Gasteiger partial charge >= 0.3 is 0 Å². The Kier molecular flexibility index (Phi) is 4.32. The summed E-state index contributed by atoms with van der Waals surface area (Å²) in [5.74, 6) is 0.363. The lowest BCUT2D eigenvalue weighted by molar-refractivity contribution is 0.265. The Morgan fingerprint density at radius 2 is 1.87 bits per heavy atom. The van der Waals surface area contributed by atoms with E-state index in [1.807, 2.05) is 12.1 Å². The van der Waals surface area contributed by atoms with Gasteiger partial charge in [-0.2, -0.15) is 0 Å². The first kappa shape index (κ1) is 12.7. The molecule has 2 heteroatoms. The minimum Gasteiger partial charge on any atom is -0.207 e. The molecular formula is C13H18BrF. The Hall–Kier alpha value is -0.370. The second kappa shape index (κ2) is 5.11. The summed E-state index contributed by atoms with van der Waals surface area (Å²) < 4.78 is 13.5. The van der Waals surface area contributed by atoms with E-state index < -0.39 is 0 Å². The molecule has 0 aliphatic carbocycles. The molecule has 84 valence electrons. The van der Waals surface area contributed by atoms with Crippen LogP contribution in [0.4, 0.5) is 4.39 Å². The lowest BCUT2D eigenvalue weighted by Gasteiger charge is -2.29. The number of hydrogen-bond acceptors (Lipinski definition) is 0. The van der Waals surface area contributed by atoms with Gasteiger partial charge in [-0.25, -0.2) is 4.39 Å². The van der Waals surface area contributed by atoms with Crippen molar-refractivity contribution in [1.29, 1.82) is 0 Å². The van der Waals surface area contributed by atoms with Gasteiger partial charge in [-0.05, 0) is 29.4 Å². The molecule has 0 N–H and O–H groups in total. The molecule has 0 amide bonds. The van der Waals surface area contributed by atoms with Gasteiger partial charge in [0.1, 0.15) is 5.82 Å². The van der Waals surface area contributed by atoms with E-state index in [1.54, 1.807) is 6.07 Å². The van der Waals surface area contributed by atoms with Crippen molar-refractivity contribution in [1.82, 2.24) is 0 Å². The Balaban J connectivity index is 2.80. The summed E-state index contributed by atoms with van der Waals surface area (Å²) in [6, 6.07) is 7.03. The zero-order chi connectivity index (χ0) is 11.5. The Morgan fingerprint density at radius 1 is 1.27 bits per heavy atom. The van der Waals surface area contributed by atoms with Crippen LogP contribution in [0.15, 0.2) is 24.3 Å². The normalized spacial score (nSPS) is 13.9. The van der Waals surface area contributed by atoms with Crippen LogP contribution in [-0.2, 0) is 6.42 Å². The second-order valence-electron chi connectivity index (χ2n) is 5.01. The lowest BCUT2D eigenvalue weighted by atomic mass is 9.78. The molecule has 1 atom stereocenters. The van der Waals surface area contributed by atoms with Crippen molar-refractivity contribution in [3.05, 3.63) is 35.6 Å². The third kappa shape index (κ3) is 3.60. The molecule has 0 spiro atoms. The molecule has 0 nitrogen and oxygen atoms in total. The molecule has 0 heterocycles. The van der Waals surface area contributed by atoms with Gasteiger partial charge in [0.2, 0.25) is 0 Å². The van der Waals surface area contributed by atoms with Crippen LogP contribution in [0, 0.1) is 17.2 Å². The van der Waals surface area contributed by atoms with Crippen LogP contribution in [0.25, 0.3) is 0 Å². The predicted molar refractivity (Wildman–Crippen MR) is 66.8 cm³/mol. The number of halogens is 2. The van der Waals surface area contributed by atoms with E-state index in [4.69, 9.17) is 0 Å². The molecule has 0 aliphatic rings. The molecule has 1 aromatic carbocycles. The fourth-order valence-corrected chi connectivity index (χ4v) is 2.72. The molecule has 0 saturated heterocycles. The van der Waals surface area contributed by atoms with E-state index in [0.717, 1.165) is 17.3 Å². The van der Waals surface area contributed by atoms with Crippen molar-refractivity contribution in [2.45, 2.75) is 27.2 Å². The van der Waals surface area contributed by atoms with E-state index in [1.165, 1.54) is 6.07 Å². The highest BCUT2D eigenvalue weighted by molar-refractivity contribution is 9.09. The Morgan fingerprint density at radius 3 is 2.33 bits per heavy atom. The maximum Gasteiger partial charge on any atom is 0.126 e. The van der Waals surface area contributed by atoms with Crippen molar-refractivity contribution < 1.29 is 4.39 Å². The van der Waals surface area contributed by atoms with Gasteiger partial charge in [0.05, 0.1) is 0 Å². The fraction of sp³-hybridized carbons (Fsp3) is 0.538. The number of hydrogen-bond donors (Lipinski definition) is 0. The Labute approximate surface area is 100 Å². The van der Waals surface area contributed by atoms with Crippen LogP contribution in [0.1, 0.15) is 26.3 Å². The summed E-state index contributed by atoms with van der Waals surface area (Å²) in [6.07, 6.45) is 0.793. The summed E-state index contributed by atoms with van der Waals surface area (Å²) in [5.41, 5.74) is 1.02. The predicted octanol–water partition coefficient (Wildman–Crippen LogP) is 4.43. The first-order chi connectivity index (χ1) is 6.95. The summed E-state index contributed by atoms with van der Waals surface area (Å²) in [4.78, 5) is 0. The highest BCUT2D eigenvalue weighted by atomic mass is 79.9. The van der Waals surface area contributed by atoms with Crippen molar-refractivity contribution in [3.8, 4) is 0 Å². The van der Waals surface area contributed by atoms with Crippen molar-refractivity contribution in [3.63, 3.8) is 0 Å². The van der Waals surface area contributed by atoms with Gasteiger partial charge in [-0.15, -0.1) is 0 Å². The topological polar surface area (TPSA) is 0 Å². The van der Waals surface area contributed by atoms with E-state index in [9.17, 15) is 4.39 Å². The summed E-state index contributed by atoms with van der Waals surface area (Å²) >= 11 is 3.51. The van der Waals surface area contributed by atoms with E-state index >= 15 is 0 Å².